The van der Waals surface area contributed by atoms with Crippen LogP contribution in [-0.2, 0) is 0 Å². The first-order valence-corrected chi connectivity index (χ1v) is 4.28. The molecule has 1 heterocycles. The molecule has 0 unspecified atom stereocenters. The number of aryl methyl sites for hydroxylation is 1. The Kier molecular flexibility index (Phi) is 2.82. The van der Waals surface area contributed by atoms with Gasteiger partial charge in [-0.15, -0.1) is 0 Å². The fourth-order valence-electron chi connectivity index (χ4n) is 1.15. The highest BCUT2D eigenvalue weighted by Gasteiger charge is 2.09. The van der Waals surface area contributed by atoms with E-state index in [1.165, 1.54) is 5.56 Å². The number of pyridine rings is 1. The maximum atomic E-state index is 5.97. The highest BCUT2D eigenvalue weighted by molar-refractivity contribution is 5.20. The second-order valence-corrected chi connectivity index (χ2v) is 3.57. The van der Waals surface area contributed by atoms with Gasteiger partial charge in [-0.25, -0.2) is 0 Å². The molecule has 0 aromatic carbocycles. The van der Waals surface area contributed by atoms with Crippen LogP contribution in [0.15, 0.2) is 18.5 Å². The average molecular weight is 164 g/mol. The van der Waals surface area contributed by atoms with E-state index in [9.17, 15) is 0 Å². The van der Waals surface area contributed by atoms with Crippen LogP contribution in [0.5, 0.6) is 0 Å². The van der Waals surface area contributed by atoms with Gasteiger partial charge < -0.3 is 5.73 Å². The lowest BCUT2D eigenvalue weighted by Crippen LogP contribution is -2.16. The van der Waals surface area contributed by atoms with Gasteiger partial charge in [0.05, 0.1) is 0 Å². The van der Waals surface area contributed by atoms with E-state index in [4.69, 9.17) is 5.73 Å². The van der Waals surface area contributed by atoms with Crippen LogP contribution in [0, 0.1) is 12.8 Å². The van der Waals surface area contributed by atoms with Crippen molar-refractivity contribution in [3.05, 3.63) is 29.6 Å². The lowest BCUT2D eigenvalue weighted by Gasteiger charge is -2.15. The topological polar surface area (TPSA) is 38.9 Å². The number of aromatic nitrogens is 1. The molecule has 2 heteroatoms. The number of hydrogen-bond acceptors (Lipinski definition) is 2. The molecule has 2 N–H and O–H groups in total. The van der Waals surface area contributed by atoms with E-state index in [0.717, 1.165) is 5.56 Å². The van der Waals surface area contributed by atoms with Crippen molar-refractivity contribution in [1.29, 1.82) is 0 Å². The van der Waals surface area contributed by atoms with E-state index >= 15 is 0 Å². The molecule has 0 saturated carbocycles. The zero-order valence-electron chi connectivity index (χ0n) is 7.91. The summed E-state index contributed by atoms with van der Waals surface area (Å²) in [6.45, 7) is 6.27. The van der Waals surface area contributed by atoms with E-state index in [0.29, 0.717) is 5.92 Å². The zero-order chi connectivity index (χ0) is 9.14. The number of rotatable bonds is 2. The van der Waals surface area contributed by atoms with Crippen molar-refractivity contribution in [2.75, 3.05) is 0 Å². The fraction of sp³-hybridized carbons (Fsp3) is 0.500. The number of hydrogen-bond donors (Lipinski definition) is 1. The SMILES string of the molecule is Cc1cncc([C@H](N)C(C)C)c1. The second-order valence-electron chi connectivity index (χ2n) is 3.57. The van der Waals surface area contributed by atoms with E-state index in [-0.39, 0.29) is 6.04 Å². The van der Waals surface area contributed by atoms with E-state index < -0.39 is 0 Å². The van der Waals surface area contributed by atoms with Crippen molar-refractivity contribution in [3.8, 4) is 0 Å². The molecule has 0 amide bonds. The first-order valence-electron chi connectivity index (χ1n) is 4.28. The molecule has 12 heavy (non-hydrogen) atoms. The Morgan fingerprint density at radius 3 is 2.50 bits per heavy atom. The van der Waals surface area contributed by atoms with Gasteiger partial charge in [0, 0.05) is 18.4 Å². The summed E-state index contributed by atoms with van der Waals surface area (Å²) in [5.74, 6) is 0.466. The average Bonchev–Trinajstić information content (AvgIpc) is 2.03. The van der Waals surface area contributed by atoms with Gasteiger partial charge in [-0.3, -0.25) is 4.98 Å². The number of nitrogens with zero attached hydrogens (tertiary/aromatic N) is 1. The molecular formula is C10H16N2. The van der Waals surface area contributed by atoms with Gasteiger partial charge in [-0.05, 0) is 24.0 Å². The molecule has 66 valence electrons. The molecule has 0 aliphatic heterocycles. The molecule has 0 fully saturated rings. The van der Waals surface area contributed by atoms with Crippen LogP contribution in [0.2, 0.25) is 0 Å². The molecule has 0 saturated heterocycles. The molecule has 1 rings (SSSR count). The van der Waals surface area contributed by atoms with Gasteiger partial charge in [-0.1, -0.05) is 19.9 Å². The van der Waals surface area contributed by atoms with Gasteiger partial charge >= 0.3 is 0 Å². The van der Waals surface area contributed by atoms with Gasteiger partial charge in [0.1, 0.15) is 0 Å². The zero-order valence-corrected chi connectivity index (χ0v) is 7.91. The minimum Gasteiger partial charge on any atom is -0.324 e. The van der Waals surface area contributed by atoms with Gasteiger partial charge in [0.25, 0.3) is 0 Å². The molecule has 1 aromatic rings. The molecule has 0 bridgehead atoms. The fourth-order valence-corrected chi connectivity index (χ4v) is 1.15. The molecule has 1 atom stereocenters. The van der Waals surface area contributed by atoms with E-state index in [1.54, 1.807) is 0 Å². The van der Waals surface area contributed by atoms with Crippen molar-refractivity contribution in [2.45, 2.75) is 26.8 Å². The standard InChI is InChI=1S/C10H16N2/c1-7(2)10(11)9-4-8(3)5-12-6-9/h4-7,10H,11H2,1-3H3/t10-/m1/s1. The normalized spacial score (nSPS) is 13.4. The maximum absolute atomic E-state index is 5.97. The van der Waals surface area contributed by atoms with Crippen LogP contribution < -0.4 is 5.73 Å². The van der Waals surface area contributed by atoms with Gasteiger partial charge in [0.2, 0.25) is 0 Å². The first-order chi connectivity index (χ1) is 5.61. The number of nitrogens with two attached hydrogens (primary N) is 1. The molecule has 0 radical (unpaired) electrons. The Morgan fingerprint density at radius 1 is 1.33 bits per heavy atom. The largest absolute Gasteiger partial charge is 0.324 e. The summed E-state index contributed by atoms with van der Waals surface area (Å²) in [5, 5.41) is 0. The first kappa shape index (κ1) is 9.20. The van der Waals surface area contributed by atoms with Crippen LogP contribution in [0.3, 0.4) is 0 Å². The maximum Gasteiger partial charge on any atom is 0.0333 e. The summed E-state index contributed by atoms with van der Waals surface area (Å²) >= 11 is 0. The van der Waals surface area contributed by atoms with Crippen molar-refractivity contribution in [1.82, 2.24) is 4.98 Å². The van der Waals surface area contributed by atoms with Crippen molar-refractivity contribution in [3.63, 3.8) is 0 Å². The summed E-state index contributed by atoms with van der Waals surface area (Å²) in [4.78, 5) is 4.11. The van der Waals surface area contributed by atoms with Gasteiger partial charge in [0.15, 0.2) is 0 Å². The van der Waals surface area contributed by atoms with Crippen LogP contribution in [0.1, 0.15) is 31.0 Å². The third-order valence-corrected chi connectivity index (χ3v) is 2.00. The minimum absolute atomic E-state index is 0.109. The van der Waals surface area contributed by atoms with E-state index in [2.05, 4.69) is 24.9 Å². The minimum atomic E-state index is 0.109. The smallest absolute Gasteiger partial charge is 0.0333 e. The Bertz CT molecular complexity index is 256. The Balaban J connectivity index is 2.88. The van der Waals surface area contributed by atoms with Crippen LogP contribution in [0.25, 0.3) is 0 Å². The molecule has 1 aromatic heterocycles. The lowest BCUT2D eigenvalue weighted by atomic mass is 9.98. The molecular weight excluding hydrogens is 148 g/mol. The monoisotopic (exact) mass is 164 g/mol. The van der Waals surface area contributed by atoms with E-state index in [1.807, 2.05) is 19.3 Å². The van der Waals surface area contributed by atoms with Crippen LogP contribution in [-0.4, -0.2) is 4.98 Å². The Labute approximate surface area is 73.8 Å². The third kappa shape index (κ3) is 2.05. The van der Waals surface area contributed by atoms with Crippen molar-refractivity contribution < 1.29 is 0 Å². The van der Waals surface area contributed by atoms with Crippen LogP contribution in [0.4, 0.5) is 0 Å². The highest BCUT2D eigenvalue weighted by atomic mass is 14.7. The van der Waals surface area contributed by atoms with Crippen molar-refractivity contribution >= 4 is 0 Å². The molecule has 2 nitrogen and oxygen atoms in total. The van der Waals surface area contributed by atoms with Crippen LogP contribution >= 0.6 is 0 Å². The second kappa shape index (κ2) is 3.68. The van der Waals surface area contributed by atoms with Crippen molar-refractivity contribution in [2.24, 2.45) is 11.7 Å². The molecule has 0 aliphatic carbocycles. The predicted molar refractivity (Wildman–Crippen MR) is 50.7 cm³/mol. The summed E-state index contributed by atoms with van der Waals surface area (Å²) in [7, 11) is 0. The highest BCUT2D eigenvalue weighted by Crippen LogP contribution is 2.18. The predicted octanol–water partition coefficient (Wildman–Crippen LogP) is 2.05. The lowest BCUT2D eigenvalue weighted by molar-refractivity contribution is 0.512. The Hall–Kier alpha value is -0.890. The summed E-state index contributed by atoms with van der Waals surface area (Å²) < 4.78 is 0. The molecule has 0 spiro atoms. The summed E-state index contributed by atoms with van der Waals surface area (Å²) in [6, 6.07) is 2.20. The Morgan fingerprint density at radius 2 is 2.00 bits per heavy atom. The molecule has 0 aliphatic rings. The summed E-state index contributed by atoms with van der Waals surface area (Å²) in [5.41, 5.74) is 8.27. The van der Waals surface area contributed by atoms with Gasteiger partial charge in [-0.2, -0.15) is 0 Å². The third-order valence-electron chi connectivity index (χ3n) is 2.00. The quantitative estimate of drug-likeness (QED) is 0.726. The summed E-state index contributed by atoms with van der Waals surface area (Å²) in [6.07, 6.45) is 3.69.